The van der Waals surface area contributed by atoms with Gasteiger partial charge in [0.2, 0.25) is 0 Å². The van der Waals surface area contributed by atoms with Gasteiger partial charge in [-0.25, -0.2) is 0 Å². The summed E-state index contributed by atoms with van der Waals surface area (Å²) in [4.78, 5) is 11.7. The summed E-state index contributed by atoms with van der Waals surface area (Å²) in [6.45, 7) is 2.76. The predicted octanol–water partition coefficient (Wildman–Crippen LogP) is -0.192. The number of hydrogen-bond acceptors (Lipinski definition) is 4. The highest BCUT2D eigenvalue weighted by Gasteiger charge is 2.37. The van der Waals surface area contributed by atoms with E-state index in [9.17, 15) is 4.79 Å². The normalized spacial score (nSPS) is 26.6. The Bertz CT molecular complexity index is 259. The van der Waals surface area contributed by atoms with E-state index in [1.165, 1.54) is 0 Å². The third kappa shape index (κ3) is 3.09. The zero-order chi connectivity index (χ0) is 11.3. The van der Waals surface area contributed by atoms with Gasteiger partial charge in [-0.2, -0.15) is 0 Å². The van der Waals surface area contributed by atoms with Crippen molar-refractivity contribution >= 4 is 11.7 Å². The quantitative estimate of drug-likeness (QED) is 0.262. The van der Waals surface area contributed by atoms with Gasteiger partial charge in [0.25, 0.3) is 5.91 Å². The van der Waals surface area contributed by atoms with Gasteiger partial charge in [0.15, 0.2) is 0 Å². The summed E-state index contributed by atoms with van der Waals surface area (Å²) in [7, 11) is 0. The smallest absolute Gasteiger partial charge is 0.251 e. The molecule has 15 heavy (non-hydrogen) atoms. The van der Waals surface area contributed by atoms with Crippen LogP contribution in [0.4, 0.5) is 0 Å². The van der Waals surface area contributed by atoms with Crippen molar-refractivity contribution in [2.45, 2.75) is 31.8 Å². The maximum absolute atomic E-state index is 11.7. The molecule has 1 saturated heterocycles. The number of nitrogens with two attached hydrogens (primary N) is 1. The minimum atomic E-state index is -0.703. The second kappa shape index (κ2) is 4.97. The molecule has 86 valence electrons. The number of nitrogens with zero attached hydrogens (tertiary/aromatic N) is 1. The van der Waals surface area contributed by atoms with E-state index in [1.54, 1.807) is 6.92 Å². The third-order valence-corrected chi connectivity index (χ3v) is 2.49. The average molecular weight is 215 g/mol. The molecule has 0 aliphatic carbocycles. The van der Waals surface area contributed by atoms with Crippen molar-refractivity contribution in [3.8, 4) is 0 Å². The number of carbonyl (C=O) groups is 1. The van der Waals surface area contributed by atoms with E-state index in [0.29, 0.717) is 19.6 Å². The summed E-state index contributed by atoms with van der Waals surface area (Å²) in [6, 6.07) is 0. The van der Waals surface area contributed by atoms with E-state index in [2.05, 4.69) is 10.5 Å². The monoisotopic (exact) mass is 215 g/mol. The zero-order valence-corrected chi connectivity index (χ0v) is 8.82. The summed E-state index contributed by atoms with van der Waals surface area (Å²) >= 11 is 0. The third-order valence-electron chi connectivity index (χ3n) is 2.49. The molecular weight excluding hydrogens is 198 g/mol. The molecule has 0 aromatic carbocycles. The Kier molecular flexibility index (Phi) is 3.90. The van der Waals surface area contributed by atoms with Gasteiger partial charge in [-0.05, 0) is 19.8 Å². The summed E-state index contributed by atoms with van der Waals surface area (Å²) in [5.74, 6) is -0.0291. The number of amidine groups is 1. The van der Waals surface area contributed by atoms with Crippen LogP contribution in [0.3, 0.4) is 0 Å². The van der Waals surface area contributed by atoms with Crippen LogP contribution in [-0.2, 0) is 9.53 Å². The van der Waals surface area contributed by atoms with E-state index in [1.807, 2.05) is 0 Å². The summed E-state index contributed by atoms with van der Waals surface area (Å²) < 4.78 is 5.36. The molecule has 0 radical (unpaired) electrons. The molecule has 6 heteroatoms. The lowest BCUT2D eigenvalue weighted by molar-refractivity contribution is -0.139. The molecule has 6 nitrogen and oxygen atoms in total. The topological polar surface area (TPSA) is 96.9 Å². The van der Waals surface area contributed by atoms with Crippen LogP contribution in [0.5, 0.6) is 0 Å². The van der Waals surface area contributed by atoms with Crippen LogP contribution in [0.2, 0.25) is 0 Å². The summed E-state index contributed by atoms with van der Waals surface area (Å²) in [5.41, 5.74) is 4.56. The predicted molar refractivity (Wildman–Crippen MR) is 54.6 cm³/mol. The van der Waals surface area contributed by atoms with Crippen LogP contribution in [0, 0.1) is 0 Å². The molecule has 1 aliphatic rings. The summed E-state index contributed by atoms with van der Waals surface area (Å²) in [6.07, 6.45) is 1.98. The standard InChI is InChI=1S/C9H17N3O3/c1-9(4-2-6-15-9)8(13)11-5-3-7(10)12-14/h14H,2-6H2,1H3,(H2,10,12)(H,11,13). The average Bonchev–Trinajstić information content (AvgIpc) is 2.66. The molecule has 4 N–H and O–H groups in total. The van der Waals surface area contributed by atoms with Crippen LogP contribution >= 0.6 is 0 Å². The first-order valence-electron chi connectivity index (χ1n) is 4.97. The van der Waals surface area contributed by atoms with Crippen LogP contribution in [-0.4, -0.2) is 35.7 Å². The molecule has 1 rings (SSSR count). The molecular formula is C9H17N3O3. The van der Waals surface area contributed by atoms with Crippen molar-refractivity contribution < 1.29 is 14.7 Å². The van der Waals surface area contributed by atoms with Crippen LogP contribution in [0.1, 0.15) is 26.2 Å². The fourth-order valence-corrected chi connectivity index (χ4v) is 1.50. The van der Waals surface area contributed by atoms with Gasteiger partial charge >= 0.3 is 0 Å². The molecule has 0 aromatic heterocycles. The first-order valence-corrected chi connectivity index (χ1v) is 4.97. The Morgan fingerprint density at radius 2 is 2.47 bits per heavy atom. The van der Waals surface area contributed by atoms with Crippen LogP contribution < -0.4 is 11.1 Å². The Morgan fingerprint density at radius 3 is 3.00 bits per heavy atom. The number of ether oxygens (including phenoxy) is 1. The number of hydrogen-bond donors (Lipinski definition) is 3. The van der Waals surface area contributed by atoms with Crippen molar-refractivity contribution in [1.29, 1.82) is 0 Å². The van der Waals surface area contributed by atoms with Gasteiger partial charge in [0.1, 0.15) is 11.4 Å². The lowest BCUT2D eigenvalue weighted by atomic mass is 10.0. The molecule has 1 heterocycles. The van der Waals surface area contributed by atoms with Gasteiger partial charge in [0, 0.05) is 19.6 Å². The molecule has 1 atom stereocenters. The number of carbonyl (C=O) groups excluding carboxylic acids is 1. The van der Waals surface area contributed by atoms with Gasteiger partial charge in [-0.15, -0.1) is 0 Å². The van der Waals surface area contributed by atoms with Crippen molar-refractivity contribution in [2.75, 3.05) is 13.2 Å². The fourth-order valence-electron chi connectivity index (χ4n) is 1.50. The Morgan fingerprint density at radius 1 is 1.73 bits per heavy atom. The molecule has 1 amide bonds. The fraction of sp³-hybridized carbons (Fsp3) is 0.778. The van der Waals surface area contributed by atoms with Crippen LogP contribution in [0.15, 0.2) is 5.16 Å². The largest absolute Gasteiger partial charge is 0.409 e. The van der Waals surface area contributed by atoms with E-state index >= 15 is 0 Å². The van der Waals surface area contributed by atoms with E-state index < -0.39 is 5.60 Å². The highest BCUT2D eigenvalue weighted by atomic mass is 16.5. The second-order valence-corrected chi connectivity index (χ2v) is 3.78. The van der Waals surface area contributed by atoms with Gasteiger partial charge in [-0.3, -0.25) is 4.79 Å². The minimum absolute atomic E-state index is 0.104. The maximum atomic E-state index is 11.7. The van der Waals surface area contributed by atoms with Crippen molar-refractivity contribution in [1.82, 2.24) is 5.32 Å². The molecule has 0 aromatic rings. The first kappa shape index (κ1) is 11.8. The highest BCUT2D eigenvalue weighted by molar-refractivity contribution is 5.86. The second-order valence-electron chi connectivity index (χ2n) is 3.78. The first-order chi connectivity index (χ1) is 7.08. The van der Waals surface area contributed by atoms with Crippen molar-refractivity contribution in [3.05, 3.63) is 0 Å². The van der Waals surface area contributed by atoms with Gasteiger partial charge in [0.05, 0.1) is 0 Å². The lowest BCUT2D eigenvalue weighted by Gasteiger charge is -2.21. The van der Waals surface area contributed by atoms with Gasteiger partial charge in [-0.1, -0.05) is 5.16 Å². The number of rotatable bonds is 4. The van der Waals surface area contributed by atoms with Crippen molar-refractivity contribution in [2.24, 2.45) is 10.9 Å². The molecule has 0 saturated carbocycles. The Hall–Kier alpha value is -1.30. The Labute approximate surface area is 88.5 Å². The molecule has 1 unspecified atom stereocenters. The summed E-state index contributed by atoms with van der Waals surface area (Å²) in [5, 5.41) is 13.8. The molecule has 0 bridgehead atoms. The van der Waals surface area contributed by atoms with E-state index in [4.69, 9.17) is 15.7 Å². The zero-order valence-electron chi connectivity index (χ0n) is 8.82. The molecule has 1 fully saturated rings. The molecule has 0 spiro atoms. The van der Waals surface area contributed by atoms with Gasteiger partial charge < -0.3 is 21.0 Å². The lowest BCUT2D eigenvalue weighted by Crippen LogP contribution is -2.44. The van der Waals surface area contributed by atoms with Crippen LogP contribution in [0.25, 0.3) is 0 Å². The minimum Gasteiger partial charge on any atom is -0.409 e. The molecule has 1 aliphatic heterocycles. The highest BCUT2D eigenvalue weighted by Crippen LogP contribution is 2.24. The van der Waals surface area contributed by atoms with Crippen molar-refractivity contribution in [3.63, 3.8) is 0 Å². The number of nitrogens with one attached hydrogen (secondary N) is 1. The van der Waals surface area contributed by atoms with E-state index in [-0.39, 0.29) is 11.7 Å². The number of oxime groups is 1. The van der Waals surface area contributed by atoms with E-state index in [0.717, 1.165) is 12.8 Å². The SMILES string of the molecule is CC1(C(=O)NCCC(N)=NO)CCCO1. The Balaban J connectivity index is 2.30. The number of amides is 1. The maximum Gasteiger partial charge on any atom is 0.251 e.